The van der Waals surface area contributed by atoms with E-state index >= 15 is 0 Å². The van der Waals surface area contributed by atoms with Gasteiger partial charge in [0, 0.05) is 23.3 Å². The van der Waals surface area contributed by atoms with Crippen LogP contribution in [0.25, 0.3) is 0 Å². The molecule has 128 valence electrons. The summed E-state index contributed by atoms with van der Waals surface area (Å²) in [5.74, 6) is -0.554. The van der Waals surface area contributed by atoms with E-state index in [4.69, 9.17) is 10.5 Å². The van der Waals surface area contributed by atoms with Crippen molar-refractivity contribution in [1.29, 1.82) is 0 Å². The smallest absolute Gasteiger partial charge is 0.246 e. The molecule has 23 heavy (non-hydrogen) atoms. The summed E-state index contributed by atoms with van der Waals surface area (Å²) in [6.45, 7) is 3.45. The first-order valence-electron chi connectivity index (χ1n) is 7.69. The van der Waals surface area contributed by atoms with Crippen LogP contribution >= 0.6 is 15.9 Å². The molecule has 2 amide bonds. The number of nitrogens with two attached hydrogens (primary N) is 1. The normalized spacial score (nSPS) is 10.4. The molecule has 0 aliphatic heterocycles. The molecule has 0 bridgehead atoms. The average Bonchev–Trinajstić information content (AvgIpc) is 2.56. The molecule has 0 fully saturated rings. The van der Waals surface area contributed by atoms with Crippen LogP contribution in [-0.4, -0.2) is 44.7 Å². The van der Waals surface area contributed by atoms with Gasteiger partial charge in [-0.3, -0.25) is 9.59 Å². The fraction of sp³-hybridized carbons (Fsp3) is 0.500. The standard InChI is InChI=1S/C16H24BrN3O3/c1-2-3-9-23-10-8-20(14-6-4-13(17)5-7-14)16(22)12-19-15(21)11-18/h4-7H,2-3,8-12,18H2,1H3,(H,19,21). The lowest BCUT2D eigenvalue weighted by atomic mass is 10.2. The van der Waals surface area contributed by atoms with Crippen LogP contribution in [0.3, 0.4) is 0 Å². The Morgan fingerprint density at radius 2 is 1.96 bits per heavy atom. The molecule has 0 aliphatic rings. The summed E-state index contributed by atoms with van der Waals surface area (Å²) < 4.78 is 6.47. The number of unbranched alkanes of at least 4 members (excludes halogenated alkanes) is 1. The highest BCUT2D eigenvalue weighted by molar-refractivity contribution is 9.10. The third kappa shape index (κ3) is 7.58. The van der Waals surface area contributed by atoms with Crippen LogP contribution in [0.2, 0.25) is 0 Å². The van der Waals surface area contributed by atoms with Crippen molar-refractivity contribution in [2.45, 2.75) is 19.8 Å². The number of hydrogen-bond donors (Lipinski definition) is 2. The van der Waals surface area contributed by atoms with Gasteiger partial charge in [-0.2, -0.15) is 0 Å². The molecule has 6 nitrogen and oxygen atoms in total. The number of anilines is 1. The fourth-order valence-corrected chi connectivity index (χ4v) is 2.13. The van der Waals surface area contributed by atoms with Crippen molar-refractivity contribution >= 4 is 33.4 Å². The Hall–Kier alpha value is -1.44. The lowest BCUT2D eigenvalue weighted by Crippen LogP contribution is -2.43. The maximum atomic E-state index is 12.4. The van der Waals surface area contributed by atoms with Crippen molar-refractivity contribution in [2.24, 2.45) is 5.73 Å². The van der Waals surface area contributed by atoms with E-state index in [9.17, 15) is 9.59 Å². The molecule has 0 aliphatic carbocycles. The first kappa shape index (κ1) is 19.6. The summed E-state index contributed by atoms with van der Waals surface area (Å²) in [4.78, 5) is 25.2. The molecule has 0 atom stereocenters. The molecular weight excluding hydrogens is 362 g/mol. The van der Waals surface area contributed by atoms with Crippen LogP contribution in [0, 0.1) is 0 Å². The average molecular weight is 386 g/mol. The van der Waals surface area contributed by atoms with E-state index in [1.165, 1.54) is 0 Å². The number of nitrogens with zero attached hydrogens (tertiary/aromatic N) is 1. The molecule has 0 unspecified atom stereocenters. The molecule has 1 rings (SSSR count). The second-order valence-electron chi connectivity index (χ2n) is 4.97. The Morgan fingerprint density at radius 1 is 1.26 bits per heavy atom. The summed E-state index contributed by atoms with van der Waals surface area (Å²) in [5.41, 5.74) is 5.99. The summed E-state index contributed by atoms with van der Waals surface area (Å²) >= 11 is 3.37. The fourth-order valence-electron chi connectivity index (χ4n) is 1.86. The SMILES string of the molecule is CCCCOCCN(C(=O)CNC(=O)CN)c1ccc(Br)cc1. The molecule has 0 radical (unpaired) electrons. The molecule has 0 saturated heterocycles. The van der Waals surface area contributed by atoms with Crippen LogP contribution in [0.15, 0.2) is 28.7 Å². The molecule has 3 N–H and O–H groups in total. The third-order valence-electron chi connectivity index (χ3n) is 3.16. The highest BCUT2D eigenvalue weighted by Crippen LogP contribution is 2.18. The maximum absolute atomic E-state index is 12.4. The predicted octanol–water partition coefficient (Wildman–Crippen LogP) is 1.67. The Labute approximate surface area is 145 Å². The van der Waals surface area contributed by atoms with Crippen LogP contribution in [0.4, 0.5) is 5.69 Å². The van der Waals surface area contributed by atoms with Crippen LogP contribution in [-0.2, 0) is 14.3 Å². The zero-order valence-electron chi connectivity index (χ0n) is 13.4. The van der Waals surface area contributed by atoms with Crippen molar-refractivity contribution in [3.63, 3.8) is 0 Å². The number of amides is 2. The van der Waals surface area contributed by atoms with Crippen molar-refractivity contribution in [1.82, 2.24) is 5.32 Å². The number of carbonyl (C=O) groups is 2. The first-order chi connectivity index (χ1) is 11.1. The maximum Gasteiger partial charge on any atom is 0.246 e. The quantitative estimate of drug-likeness (QED) is 0.600. The van der Waals surface area contributed by atoms with E-state index in [0.29, 0.717) is 19.8 Å². The Bertz CT molecular complexity index is 494. The topological polar surface area (TPSA) is 84.7 Å². The van der Waals surface area contributed by atoms with Crippen molar-refractivity contribution in [2.75, 3.05) is 37.7 Å². The van der Waals surface area contributed by atoms with Gasteiger partial charge in [0.2, 0.25) is 11.8 Å². The summed E-state index contributed by atoms with van der Waals surface area (Å²) in [6, 6.07) is 7.43. The largest absolute Gasteiger partial charge is 0.380 e. The van der Waals surface area contributed by atoms with Gasteiger partial charge in [0.25, 0.3) is 0 Å². The molecule has 1 aromatic carbocycles. The van der Waals surface area contributed by atoms with E-state index in [1.807, 2.05) is 24.3 Å². The minimum atomic E-state index is -0.353. The van der Waals surface area contributed by atoms with E-state index in [-0.39, 0.29) is 24.9 Å². The van der Waals surface area contributed by atoms with Crippen molar-refractivity contribution in [3.8, 4) is 0 Å². The number of ether oxygens (including phenoxy) is 1. The molecule has 0 spiro atoms. The minimum absolute atomic E-state index is 0.0823. The predicted molar refractivity (Wildman–Crippen MR) is 94.3 cm³/mol. The van der Waals surface area contributed by atoms with Crippen LogP contribution in [0.5, 0.6) is 0 Å². The van der Waals surface area contributed by atoms with E-state index in [1.54, 1.807) is 4.90 Å². The molecule has 0 saturated carbocycles. The number of hydrogen-bond acceptors (Lipinski definition) is 4. The first-order valence-corrected chi connectivity index (χ1v) is 8.48. The minimum Gasteiger partial charge on any atom is -0.380 e. The zero-order chi connectivity index (χ0) is 17.1. The van der Waals surface area contributed by atoms with Gasteiger partial charge in [-0.15, -0.1) is 0 Å². The van der Waals surface area contributed by atoms with Gasteiger partial charge in [-0.1, -0.05) is 29.3 Å². The van der Waals surface area contributed by atoms with Crippen molar-refractivity contribution < 1.29 is 14.3 Å². The third-order valence-corrected chi connectivity index (χ3v) is 3.69. The number of nitrogens with one attached hydrogen (secondary N) is 1. The number of halogens is 1. The second kappa shape index (κ2) is 11.2. The van der Waals surface area contributed by atoms with Gasteiger partial charge in [-0.25, -0.2) is 0 Å². The number of benzene rings is 1. The lowest BCUT2D eigenvalue weighted by Gasteiger charge is -2.23. The van der Waals surface area contributed by atoms with Gasteiger partial charge >= 0.3 is 0 Å². The van der Waals surface area contributed by atoms with E-state index in [2.05, 4.69) is 28.2 Å². The van der Waals surface area contributed by atoms with Gasteiger partial charge in [-0.05, 0) is 30.7 Å². The Balaban J connectivity index is 2.65. The molecule has 7 heteroatoms. The van der Waals surface area contributed by atoms with Crippen LogP contribution in [0.1, 0.15) is 19.8 Å². The number of rotatable bonds is 10. The van der Waals surface area contributed by atoms with Gasteiger partial charge < -0.3 is 20.7 Å². The second-order valence-corrected chi connectivity index (χ2v) is 5.88. The molecule has 0 aromatic heterocycles. The molecule has 0 heterocycles. The van der Waals surface area contributed by atoms with E-state index in [0.717, 1.165) is 23.0 Å². The van der Waals surface area contributed by atoms with Crippen molar-refractivity contribution in [3.05, 3.63) is 28.7 Å². The summed E-state index contributed by atoms with van der Waals surface area (Å²) in [5, 5.41) is 2.50. The molecule has 1 aromatic rings. The number of carbonyl (C=O) groups excluding carboxylic acids is 2. The van der Waals surface area contributed by atoms with E-state index < -0.39 is 0 Å². The zero-order valence-corrected chi connectivity index (χ0v) is 15.0. The highest BCUT2D eigenvalue weighted by atomic mass is 79.9. The summed E-state index contributed by atoms with van der Waals surface area (Å²) in [6.07, 6.45) is 2.07. The monoisotopic (exact) mass is 385 g/mol. The Morgan fingerprint density at radius 3 is 2.57 bits per heavy atom. The van der Waals surface area contributed by atoms with Gasteiger partial charge in [0.05, 0.1) is 19.7 Å². The van der Waals surface area contributed by atoms with Gasteiger partial charge in [0.1, 0.15) is 0 Å². The van der Waals surface area contributed by atoms with Crippen LogP contribution < -0.4 is 16.0 Å². The van der Waals surface area contributed by atoms with Gasteiger partial charge in [0.15, 0.2) is 0 Å². The Kier molecular flexibility index (Phi) is 9.51. The highest BCUT2D eigenvalue weighted by Gasteiger charge is 2.16. The molecular formula is C16H24BrN3O3. The summed E-state index contributed by atoms with van der Waals surface area (Å²) in [7, 11) is 0. The lowest BCUT2D eigenvalue weighted by molar-refractivity contribution is -0.124.